The molecule has 9 heteroatoms. The van der Waals surface area contributed by atoms with Gasteiger partial charge in [0.25, 0.3) is 6.43 Å². The third kappa shape index (κ3) is 5.07. The van der Waals surface area contributed by atoms with Gasteiger partial charge in [-0.1, -0.05) is 18.2 Å². The van der Waals surface area contributed by atoms with E-state index in [1.54, 1.807) is 20.8 Å². The first-order valence-corrected chi connectivity index (χ1v) is 12.1. The maximum absolute atomic E-state index is 14.7. The zero-order valence-corrected chi connectivity index (χ0v) is 20.7. The number of rotatable bonds is 8. The van der Waals surface area contributed by atoms with E-state index in [9.17, 15) is 18.0 Å². The average molecular weight is 491 g/mol. The molecule has 0 spiro atoms. The molecule has 1 aliphatic carbocycles. The molecule has 1 saturated heterocycles. The summed E-state index contributed by atoms with van der Waals surface area (Å²) in [6, 6.07) is 3.51. The Morgan fingerprint density at radius 3 is 2.57 bits per heavy atom. The van der Waals surface area contributed by atoms with Gasteiger partial charge in [-0.15, -0.1) is 0 Å². The predicted octanol–water partition coefficient (Wildman–Crippen LogP) is 4.82. The molecule has 0 saturated carbocycles. The molecule has 2 aliphatic rings. The number of Topliss-reactive ketones (excluding diaryl/α,β-unsaturated/α-hetero) is 1. The Labute approximate surface area is 204 Å². The number of carbonyl (C=O) groups is 1. The van der Waals surface area contributed by atoms with Crippen molar-refractivity contribution in [3.63, 3.8) is 0 Å². The van der Waals surface area contributed by atoms with Crippen molar-refractivity contribution in [3.8, 4) is 0 Å². The van der Waals surface area contributed by atoms with Gasteiger partial charge in [-0.05, 0) is 59.4 Å². The van der Waals surface area contributed by atoms with Crippen molar-refractivity contribution in [1.29, 1.82) is 0 Å². The van der Waals surface area contributed by atoms with Crippen molar-refractivity contribution < 1.29 is 22.7 Å². The van der Waals surface area contributed by atoms with E-state index in [2.05, 4.69) is 20.2 Å². The minimum absolute atomic E-state index is 0.165. The number of hydrogen-bond acceptors (Lipinski definition) is 6. The van der Waals surface area contributed by atoms with Gasteiger partial charge in [-0.25, -0.2) is 23.1 Å². The molecule has 2 aromatic rings. The molecule has 2 unspecified atom stereocenters. The summed E-state index contributed by atoms with van der Waals surface area (Å²) in [6.07, 6.45) is -0.0275. The Kier molecular flexibility index (Phi) is 7.47. The van der Waals surface area contributed by atoms with Gasteiger partial charge < -0.3 is 10.1 Å². The van der Waals surface area contributed by atoms with Gasteiger partial charge in [0.1, 0.15) is 23.2 Å². The molecule has 0 radical (unpaired) electrons. The first-order chi connectivity index (χ1) is 16.6. The number of hydrogen-bond donors (Lipinski definition) is 1. The van der Waals surface area contributed by atoms with Gasteiger partial charge in [-0.2, -0.15) is 0 Å². The van der Waals surface area contributed by atoms with E-state index in [0.717, 1.165) is 36.7 Å². The number of benzene rings is 1. The number of likely N-dealkylation sites (N-methyl/N-ethyl adjacent to an activating group) is 1. The number of aryl methyl sites for hydroxylation is 1. The van der Waals surface area contributed by atoms with Crippen LogP contribution in [0.4, 0.5) is 19.0 Å². The summed E-state index contributed by atoms with van der Waals surface area (Å²) in [4.78, 5) is 24.0. The van der Waals surface area contributed by atoms with Crippen molar-refractivity contribution in [3.05, 3.63) is 52.2 Å². The van der Waals surface area contributed by atoms with E-state index in [-0.39, 0.29) is 17.3 Å². The Morgan fingerprint density at radius 2 is 1.91 bits per heavy atom. The van der Waals surface area contributed by atoms with E-state index < -0.39 is 29.4 Å². The molecule has 1 aromatic carbocycles. The minimum atomic E-state index is -2.88. The number of fused-ring (bicyclic) bond motifs is 1. The molecule has 35 heavy (non-hydrogen) atoms. The molecule has 190 valence electrons. The highest BCUT2D eigenvalue weighted by molar-refractivity contribution is 5.86. The highest BCUT2D eigenvalue weighted by atomic mass is 19.3. The van der Waals surface area contributed by atoms with Crippen molar-refractivity contribution in [2.24, 2.45) is 5.92 Å². The first-order valence-electron chi connectivity index (χ1n) is 12.1. The van der Waals surface area contributed by atoms with Crippen LogP contribution >= 0.6 is 0 Å². The van der Waals surface area contributed by atoms with E-state index in [4.69, 9.17) is 4.74 Å². The molecule has 1 N–H and O–H groups in total. The van der Waals surface area contributed by atoms with Crippen LogP contribution in [0.25, 0.3) is 0 Å². The third-order valence-electron chi connectivity index (χ3n) is 7.53. The summed E-state index contributed by atoms with van der Waals surface area (Å²) in [6.45, 7) is 7.09. The molecule has 1 aliphatic heterocycles. The summed E-state index contributed by atoms with van der Waals surface area (Å²) in [7, 11) is 2.01. The lowest BCUT2D eigenvalue weighted by molar-refractivity contribution is -0.135. The summed E-state index contributed by atoms with van der Waals surface area (Å²) >= 11 is 0. The van der Waals surface area contributed by atoms with Crippen LogP contribution in [0.15, 0.2) is 18.2 Å². The van der Waals surface area contributed by atoms with E-state index >= 15 is 0 Å². The van der Waals surface area contributed by atoms with Crippen LogP contribution in [-0.4, -0.2) is 53.0 Å². The van der Waals surface area contributed by atoms with E-state index in [1.807, 2.05) is 7.05 Å². The van der Waals surface area contributed by atoms with Crippen LogP contribution in [0.2, 0.25) is 0 Å². The highest BCUT2D eigenvalue weighted by Gasteiger charge is 2.42. The van der Waals surface area contributed by atoms with Crippen LogP contribution in [0.3, 0.4) is 0 Å². The maximum Gasteiger partial charge on any atom is 0.266 e. The maximum atomic E-state index is 14.7. The average Bonchev–Trinajstić information content (AvgIpc) is 3.21. The van der Waals surface area contributed by atoms with Crippen LogP contribution in [0.1, 0.15) is 67.4 Å². The lowest BCUT2D eigenvalue weighted by Gasteiger charge is -2.43. The number of nitrogens with one attached hydrogen (secondary N) is 1. The lowest BCUT2D eigenvalue weighted by Crippen LogP contribution is -2.56. The molecular formula is C26H33F3N4O2. The number of alkyl halides is 2. The number of nitrogens with zero attached hydrogens (tertiary/aromatic N) is 3. The Bertz CT molecular complexity index is 1090. The molecule has 0 bridgehead atoms. The number of anilines is 1. The van der Waals surface area contributed by atoms with Gasteiger partial charge >= 0.3 is 0 Å². The lowest BCUT2D eigenvalue weighted by atomic mass is 9.84. The molecule has 0 amide bonds. The second-order valence-corrected chi connectivity index (χ2v) is 9.82. The number of aromatic nitrogens is 2. The zero-order valence-electron chi connectivity index (χ0n) is 20.7. The number of ketones is 1. The topological polar surface area (TPSA) is 67.4 Å². The normalized spacial score (nSPS) is 20.2. The summed E-state index contributed by atoms with van der Waals surface area (Å²) < 4.78 is 46.6. The van der Waals surface area contributed by atoms with E-state index in [0.29, 0.717) is 37.7 Å². The minimum Gasteiger partial charge on any atom is -0.381 e. The smallest absolute Gasteiger partial charge is 0.266 e. The number of ether oxygens (including phenoxy) is 1. The van der Waals surface area contributed by atoms with E-state index in [1.165, 1.54) is 12.1 Å². The second-order valence-electron chi connectivity index (χ2n) is 9.82. The molecular weight excluding hydrogens is 457 g/mol. The Balaban J connectivity index is 1.52. The largest absolute Gasteiger partial charge is 0.381 e. The van der Waals surface area contributed by atoms with Gasteiger partial charge in [0.15, 0.2) is 0 Å². The number of halogens is 3. The van der Waals surface area contributed by atoms with Crippen molar-refractivity contribution in [2.45, 2.75) is 64.5 Å². The highest BCUT2D eigenvalue weighted by Crippen LogP contribution is 2.36. The van der Waals surface area contributed by atoms with Gasteiger partial charge in [-0.3, -0.25) is 9.69 Å². The quantitative estimate of drug-likeness (QED) is 0.572. The molecule has 1 aromatic heterocycles. The summed E-state index contributed by atoms with van der Waals surface area (Å²) in [5, 5.41) is 3.25. The SMILES string of the molecule is CC(=O)C1(N(C)CC2Cc3nc(C)nc(NC(C)c4cccc(C(F)F)c4F)c3C2)CCOCC1. The van der Waals surface area contributed by atoms with Gasteiger partial charge in [0, 0.05) is 36.6 Å². The van der Waals surface area contributed by atoms with Crippen molar-refractivity contribution in [1.82, 2.24) is 14.9 Å². The standard InChI is InChI=1S/C26H33F3N4O2/c1-15(19-6-5-7-20(23(19)27)24(28)29)30-25-21-12-18(13-22(21)31-17(3)32-25)14-33(4)26(16(2)34)8-10-35-11-9-26/h5-7,15,18,24H,8-14H2,1-4H3,(H,30,31,32). The fraction of sp³-hybridized carbons (Fsp3) is 0.577. The summed E-state index contributed by atoms with van der Waals surface area (Å²) in [5.74, 6) is 0.729. The van der Waals surface area contributed by atoms with Crippen LogP contribution < -0.4 is 5.32 Å². The Morgan fingerprint density at radius 1 is 1.23 bits per heavy atom. The van der Waals surface area contributed by atoms with Crippen LogP contribution in [-0.2, 0) is 22.4 Å². The molecule has 6 nitrogen and oxygen atoms in total. The van der Waals surface area contributed by atoms with Crippen molar-refractivity contribution in [2.75, 3.05) is 32.1 Å². The predicted molar refractivity (Wildman–Crippen MR) is 127 cm³/mol. The fourth-order valence-electron chi connectivity index (χ4n) is 5.55. The van der Waals surface area contributed by atoms with Crippen LogP contribution in [0, 0.1) is 18.7 Å². The van der Waals surface area contributed by atoms with Crippen LogP contribution in [0.5, 0.6) is 0 Å². The monoisotopic (exact) mass is 490 g/mol. The molecule has 2 heterocycles. The van der Waals surface area contributed by atoms with Gasteiger partial charge in [0.05, 0.1) is 17.1 Å². The van der Waals surface area contributed by atoms with Gasteiger partial charge in [0.2, 0.25) is 0 Å². The fourth-order valence-corrected chi connectivity index (χ4v) is 5.55. The third-order valence-corrected chi connectivity index (χ3v) is 7.53. The molecule has 4 rings (SSSR count). The molecule has 1 fully saturated rings. The van der Waals surface area contributed by atoms with Crippen molar-refractivity contribution >= 4 is 11.6 Å². The second kappa shape index (κ2) is 10.2. The number of carbonyl (C=O) groups excluding carboxylic acids is 1. The molecule has 2 atom stereocenters. The first kappa shape index (κ1) is 25.6. The zero-order chi connectivity index (χ0) is 25.3. The summed E-state index contributed by atoms with van der Waals surface area (Å²) in [5.41, 5.74) is 0.976. The Hall–Kier alpha value is -2.52.